The summed E-state index contributed by atoms with van der Waals surface area (Å²) in [6, 6.07) is 11.5. The highest BCUT2D eigenvalue weighted by atomic mass is 32.2. The second-order valence-electron chi connectivity index (χ2n) is 6.77. The Kier molecular flexibility index (Phi) is 5.53. The van der Waals surface area contributed by atoms with Gasteiger partial charge in [0.2, 0.25) is 10.0 Å². The van der Waals surface area contributed by atoms with Crippen LogP contribution in [0.2, 0.25) is 0 Å². The minimum atomic E-state index is -3.65. The molecule has 1 N–H and O–H groups in total. The molecule has 0 atom stereocenters. The molecule has 1 aliphatic heterocycles. The Morgan fingerprint density at radius 1 is 1.04 bits per heavy atom. The van der Waals surface area contributed by atoms with E-state index in [0.29, 0.717) is 5.75 Å². The zero-order chi connectivity index (χ0) is 18.7. The number of hydrogen-bond acceptors (Lipinski definition) is 4. The maximum absolute atomic E-state index is 12.7. The molecule has 0 unspecified atom stereocenters. The average Bonchev–Trinajstić information content (AvgIpc) is 3.17. The molecule has 0 spiro atoms. The third kappa shape index (κ3) is 4.02. The number of methoxy groups -OCH3 is 1. The number of nitrogens with one attached hydrogen (secondary N) is 1. The number of benzene rings is 2. The molecule has 1 heterocycles. The van der Waals surface area contributed by atoms with E-state index in [1.807, 2.05) is 26.0 Å². The summed E-state index contributed by atoms with van der Waals surface area (Å²) in [5.74, 6) is 0.366. The average molecular weight is 375 g/mol. The summed E-state index contributed by atoms with van der Waals surface area (Å²) in [5.41, 5.74) is 4.05. The van der Waals surface area contributed by atoms with Crippen molar-refractivity contribution in [3.63, 3.8) is 0 Å². The van der Waals surface area contributed by atoms with Crippen molar-refractivity contribution < 1.29 is 13.2 Å². The van der Waals surface area contributed by atoms with Crippen LogP contribution in [-0.4, -0.2) is 28.6 Å². The van der Waals surface area contributed by atoms with Crippen molar-refractivity contribution in [1.29, 1.82) is 0 Å². The molecule has 0 aliphatic carbocycles. The molecule has 1 fully saturated rings. The van der Waals surface area contributed by atoms with Gasteiger partial charge in [-0.25, -0.2) is 13.1 Å². The number of ether oxygens (including phenoxy) is 1. The van der Waals surface area contributed by atoms with E-state index in [1.165, 1.54) is 25.6 Å². The number of aryl methyl sites for hydroxylation is 2. The highest BCUT2D eigenvalue weighted by Gasteiger charge is 2.20. The standard InChI is InChI=1S/C20H26N2O3S/c1-15-12-19(25-3)20(13-16(15)2)26(23,24)21-14-17-6-8-18(9-7-17)22-10-4-5-11-22/h6-9,12-13,21H,4-5,10-11,14H2,1-3H3. The third-order valence-electron chi connectivity index (χ3n) is 4.94. The van der Waals surface area contributed by atoms with Gasteiger partial charge in [0.05, 0.1) is 7.11 Å². The van der Waals surface area contributed by atoms with Crippen molar-refractivity contribution in [3.8, 4) is 5.75 Å². The zero-order valence-electron chi connectivity index (χ0n) is 15.6. The van der Waals surface area contributed by atoms with E-state index in [9.17, 15) is 8.42 Å². The maximum Gasteiger partial charge on any atom is 0.244 e. The number of nitrogens with zero attached hydrogens (tertiary/aromatic N) is 1. The molecule has 26 heavy (non-hydrogen) atoms. The first-order chi connectivity index (χ1) is 12.4. The summed E-state index contributed by atoms with van der Waals surface area (Å²) in [5, 5.41) is 0. The fourth-order valence-corrected chi connectivity index (χ4v) is 4.44. The van der Waals surface area contributed by atoms with Crippen LogP contribution < -0.4 is 14.4 Å². The van der Waals surface area contributed by atoms with E-state index in [2.05, 4.69) is 21.8 Å². The summed E-state index contributed by atoms with van der Waals surface area (Å²) >= 11 is 0. The van der Waals surface area contributed by atoms with Crippen LogP contribution in [0, 0.1) is 13.8 Å². The maximum atomic E-state index is 12.7. The van der Waals surface area contributed by atoms with Crippen LogP contribution in [-0.2, 0) is 16.6 Å². The minimum absolute atomic E-state index is 0.178. The SMILES string of the molecule is COc1cc(C)c(C)cc1S(=O)(=O)NCc1ccc(N2CCCC2)cc1. The molecular formula is C20H26N2O3S. The predicted octanol–water partition coefficient (Wildman–Crippen LogP) is 3.39. The van der Waals surface area contributed by atoms with E-state index in [4.69, 9.17) is 4.74 Å². The van der Waals surface area contributed by atoms with Gasteiger partial charge in [-0.05, 0) is 67.6 Å². The quantitative estimate of drug-likeness (QED) is 0.842. The second-order valence-corrected chi connectivity index (χ2v) is 8.51. The molecule has 0 radical (unpaired) electrons. The number of sulfonamides is 1. The Balaban J connectivity index is 1.73. The lowest BCUT2D eigenvalue weighted by molar-refractivity contribution is 0.402. The van der Waals surface area contributed by atoms with Gasteiger partial charge in [0.25, 0.3) is 0 Å². The molecule has 140 valence electrons. The highest BCUT2D eigenvalue weighted by molar-refractivity contribution is 7.89. The van der Waals surface area contributed by atoms with Crippen LogP contribution >= 0.6 is 0 Å². The van der Waals surface area contributed by atoms with Crippen molar-refractivity contribution in [2.45, 2.75) is 38.1 Å². The zero-order valence-corrected chi connectivity index (χ0v) is 16.4. The topological polar surface area (TPSA) is 58.6 Å². The molecule has 0 aromatic heterocycles. The first-order valence-corrected chi connectivity index (χ1v) is 10.4. The Morgan fingerprint density at radius 3 is 2.27 bits per heavy atom. The van der Waals surface area contributed by atoms with Crippen LogP contribution in [0.25, 0.3) is 0 Å². The van der Waals surface area contributed by atoms with E-state index < -0.39 is 10.0 Å². The van der Waals surface area contributed by atoms with Crippen LogP contribution in [0.5, 0.6) is 5.75 Å². The molecule has 1 aliphatic rings. The lowest BCUT2D eigenvalue weighted by atomic mass is 10.1. The summed E-state index contributed by atoms with van der Waals surface area (Å²) in [4.78, 5) is 2.53. The Morgan fingerprint density at radius 2 is 1.65 bits per heavy atom. The monoisotopic (exact) mass is 374 g/mol. The molecule has 2 aromatic carbocycles. The van der Waals surface area contributed by atoms with Crippen molar-refractivity contribution >= 4 is 15.7 Å². The van der Waals surface area contributed by atoms with Gasteiger partial charge in [0.15, 0.2) is 0 Å². The van der Waals surface area contributed by atoms with E-state index in [1.54, 1.807) is 12.1 Å². The van der Waals surface area contributed by atoms with Crippen molar-refractivity contribution in [2.75, 3.05) is 25.1 Å². The summed E-state index contributed by atoms with van der Waals surface area (Å²) in [7, 11) is -2.17. The molecule has 0 amide bonds. The normalized spacial score (nSPS) is 14.7. The predicted molar refractivity (Wildman–Crippen MR) is 104 cm³/mol. The molecule has 3 rings (SSSR count). The number of hydrogen-bond donors (Lipinski definition) is 1. The molecule has 5 nitrogen and oxygen atoms in total. The molecule has 2 aromatic rings. The van der Waals surface area contributed by atoms with Crippen LogP contribution in [0.15, 0.2) is 41.3 Å². The van der Waals surface area contributed by atoms with E-state index >= 15 is 0 Å². The third-order valence-corrected chi connectivity index (χ3v) is 6.37. The Hall–Kier alpha value is -2.05. The summed E-state index contributed by atoms with van der Waals surface area (Å²) < 4.78 is 33.4. The van der Waals surface area contributed by atoms with Crippen molar-refractivity contribution in [3.05, 3.63) is 53.1 Å². The largest absolute Gasteiger partial charge is 0.495 e. The fourth-order valence-electron chi connectivity index (χ4n) is 3.19. The molecule has 6 heteroatoms. The van der Waals surface area contributed by atoms with Gasteiger partial charge in [-0.3, -0.25) is 0 Å². The summed E-state index contributed by atoms with van der Waals surface area (Å²) in [6.07, 6.45) is 2.47. The number of rotatable bonds is 6. The van der Waals surface area contributed by atoms with E-state index in [-0.39, 0.29) is 11.4 Å². The second kappa shape index (κ2) is 7.68. The smallest absolute Gasteiger partial charge is 0.244 e. The van der Waals surface area contributed by atoms with Gasteiger partial charge in [-0.15, -0.1) is 0 Å². The van der Waals surface area contributed by atoms with Gasteiger partial charge in [0.1, 0.15) is 10.6 Å². The van der Waals surface area contributed by atoms with Gasteiger partial charge >= 0.3 is 0 Å². The van der Waals surface area contributed by atoms with Gasteiger partial charge in [-0.1, -0.05) is 12.1 Å². The minimum Gasteiger partial charge on any atom is -0.495 e. The van der Waals surface area contributed by atoms with Crippen LogP contribution in [0.4, 0.5) is 5.69 Å². The Bertz CT molecular complexity index is 871. The van der Waals surface area contributed by atoms with Crippen molar-refractivity contribution in [1.82, 2.24) is 4.72 Å². The van der Waals surface area contributed by atoms with Gasteiger partial charge in [-0.2, -0.15) is 0 Å². The lowest BCUT2D eigenvalue weighted by Crippen LogP contribution is -2.24. The fraction of sp³-hybridized carbons (Fsp3) is 0.400. The Labute approximate surface area is 156 Å². The summed E-state index contributed by atoms with van der Waals surface area (Å²) in [6.45, 7) is 6.27. The van der Waals surface area contributed by atoms with Gasteiger partial charge < -0.3 is 9.64 Å². The van der Waals surface area contributed by atoms with Gasteiger partial charge in [0, 0.05) is 25.3 Å². The molecule has 0 saturated carbocycles. The molecule has 0 bridgehead atoms. The van der Waals surface area contributed by atoms with E-state index in [0.717, 1.165) is 29.8 Å². The molecular weight excluding hydrogens is 348 g/mol. The first-order valence-electron chi connectivity index (χ1n) is 8.89. The first kappa shape index (κ1) is 18.7. The van der Waals surface area contributed by atoms with Crippen molar-refractivity contribution in [2.24, 2.45) is 0 Å². The lowest BCUT2D eigenvalue weighted by Gasteiger charge is -2.18. The van der Waals surface area contributed by atoms with Crippen LogP contribution in [0.1, 0.15) is 29.5 Å². The van der Waals surface area contributed by atoms with Crippen LogP contribution in [0.3, 0.4) is 0 Å². The molecule has 1 saturated heterocycles. The number of anilines is 1. The highest BCUT2D eigenvalue weighted by Crippen LogP contribution is 2.27.